The average molecular weight is 128 g/mol. The molecule has 0 aliphatic carbocycles. The second-order valence-electron chi connectivity index (χ2n) is 2.37. The van der Waals surface area contributed by atoms with Crippen molar-refractivity contribution in [3.8, 4) is 0 Å². The van der Waals surface area contributed by atoms with Gasteiger partial charge in [-0.15, -0.1) is 0 Å². The van der Waals surface area contributed by atoms with Crippen molar-refractivity contribution in [2.45, 2.75) is 26.7 Å². The summed E-state index contributed by atoms with van der Waals surface area (Å²) in [6, 6.07) is 0. The van der Waals surface area contributed by atoms with Gasteiger partial charge >= 0.3 is 0 Å². The smallest absolute Gasteiger partial charge is 0.0130 e. The summed E-state index contributed by atoms with van der Waals surface area (Å²) in [4.78, 5) is 0. The average Bonchev–Trinajstić information content (AvgIpc) is 1.87. The molecule has 1 unspecified atom stereocenters. The Balaban J connectivity index is 3.46. The van der Waals surface area contributed by atoms with E-state index in [1.54, 1.807) is 0 Å². The molecule has 0 aliphatic rings. The molecule has 2 nitrogen and oxygen atoms in total. The largest absolute Gasteiger partial charge is 0.330 e. The van der Waals surface area contributed by atoms with E-state index in [4.69, 9.17) is 11.1 Å². The first-order valence-corrected chi connectivity index (χ1v) is 3.49. The molecular formula is C7H16N2. The quantitative estimate of drug-likeness (QED) is 0.552. The highest BCUT2D eigenvalue weighted by molar-refractivity contribution is 5.83. The Labute approximate surface area is 57.0 Å². The number of rotatable bonds is 4. The Morgan fingerprint density at radius 1 is 1.67 bits per heavy atom. The standard InChI is InChI=1S/C7H16N2/c1-3-6(2)7(9)4-5-8/h6,9H,3-5,8H2,1-2H3. The minimum absolute atomic E-state index is 0.425. The molecule has 0 rings (SSSR count). The van der Waals surface area contributed by atoms with Gasteiger partial charge in [-0.05, 0) is 25.3 Å². The molecule has 0 heterocycles. The highest BCUT2D eigenvalue weighted by atomic mass is 14.5. The fourth-order valence-corrected chi connectivity index (χ4v) is 0.648. The molecular weight excluding hydrogens is 112 g/mol. The molecule has 0 saturated carbocycles. The molecule has 0 aromatic rings. The molecule has 3 N–H and O–H groups in total. The zero-order valence-corrected chi connectivity index (χ0v) is 6.28. The summed E-state index contributed by atoms with van der Waals surface area (Å²) in [7, 11) is 0. The van der Waals surface area contributed by atoms with Crippen molar-refractivity contribution in [3.05, 3.63) is 0 Å². The van der Waals surface area contributed by atoms with Crippen molar-refractivity contribution in [1.29, 1.82) is 5.41 Å². The maximum atomic E-state index is 7.41. The molecule has 0 aliphatic heterocycles. The van der Waals surface area contributed by atoms with E-state index in [2.05, 4.69) is 13.8 Å². The van der Waals surface area contributed by atoms with E-state index in [0.29, 0.717) is 12.5 Å². The monoisotopic (exact) mass is 128 g/mol. The molecule has 0 spiro atoms. The van der Waals surface area contributed by atoms with Gasteiger partial charge in [-0.3, -0.25) is 0 Å². The third kappa shape index (κ3) is 3.25. The van der Waals surface area contributed by atoms with E-state index in [1.807, 2.05) is 0 Å². The minimum Gasteiger partial charge on any atom is -0.330 e. The second kappa shape index (κ2) is 4.50. The Morgan fingerprint density at radius 3 is 2.56 bits per heavy atom. The van der Waals surface area contributed by atoms with Crippen molar-refractivity contribution in [3.63, 3.8) is 0 Å². The highest BCUT2D eigenvalue weighted by Crippen LogP contribution is 2.03. The topological polar surface area (TPSA) is 49.9 Å². The lowest BCUT2D eigenvalue weighted by Crippen LogP contribution is -2.13. The van der Waals surface area contributed by atoms with Crippen molar-refractivity contribution in [2.24, 2.45) is 11.7 Å². The summed E-state index contributed by atoms with van der Waals surface area (Å²) in [6.07, 6.45) is 1.81. The third-order valence-electron chi connectivity index (χ3n) is 1.62. The van der Waals surface area contributed by atoms with Gasteiger partial charge in [-0.2, -0.15) is 0 Å². The van der Waals surface area contributed by atoms with Gasteiger partial charge in [0.1, 0.15) is 0 Å². The maximum Gasteiger partial charge on any atom is 0.0130 e. The first-order valence-electron chi connectivity index (χ1n) is 3.49. The lowest BCUT2D eigenvalue weighted by Gasteiger charge is -2.07. The molecule has 0 aromatic heterocycles. The third-order valence-corrected chi connectivity index (χ3v) is 1.62. The Kier molecular flexibility index (Phi) is 4.32. The summed E-state index contributed by atoms with van der Waals surface area (Å²) < 4.78 is 0. The van der Waals surface area contributed by atoms with Crippen molar-refractivity contribution >= 4 is 5.71 Å². The Morgan fingerprint density at radius 2 is 2.22 bits per heavy atom. The molecule has 0 amide bonds. The van der Waals surface area contributed by atoms with Crippen LogP contribution in [0.2, 0.25) is 0 Å². The van der Waals surface area contributed by atoms with Gasteiger partial charge in [-0.1, -0.05) is 13.8 Å². The summed E-state index contributed by atoms with van der Waals surface area (Å²) in [5, 5.41) is 7.41. The van der Waals surface area contributed by atoms with E-state index in [-0.39, 0.29) is 0 Å². The SMILES string of the molecule is CCC(C)C(=N)CCN. The summed E-state index contributed by atoms with van der Waals surface area (Å²) >= 11 is 0. The zero-order valence-electron chi connectivity index (χ0n) is 6.28. The second-order valence-corrected chi connectivity index (χ2v) is 2.37. The van der Waals surface area contributed by atoms with E-state index in [9.17, 15) is 0 Å². The fourth-order valence-electron chi connectivity index (χ4n) is 0.648. The number of nitrogens with one attached hydrogen (secondary N) is 1. The van der Waals surface area contributed by atoms with E-state index < -0.39 is 0 Å². The molecule has 0 fully saturated rings. The van der Waals surface area contributed by atoms with Crippen LogP contribution in [-0.4, -0.2) is 12.3 Å². The van der Waals surface area contributed by atoms with Crippen molar-refractivity contribution in [1.82, 2.24) is 0 Å². The van der Waals surface area contributed by atoms with Gasteiger partial charge in [0.15, 0.2) is 0 Å². The number of hydrogen-bond acceptors (Lipinski definition) is 2. The molecule has 1 atom stereocenters. The van der Waals surface area contributed by atoms with Crippen molar-refractivity contribution in [2.75, 3.05) is 6.54 Å². The maximum absolute atomic E-state index is 7.41. The lowest BCUT2D eigenvalue weighted by molar-refractivity contribution is 0.715. The summed E-state index contributed by atoms with van der Waals surface area (Å²) in [6.45, 7) is 4.77. The lowest BCUT2D eigenvalue weighted by atomic mass is 10.0. The number of nitrogens with two attached hydrogens (primary N) is 1. The molecule has 0 saturated heterocycles. The molecule has 0 aromatic carbocycles. The first-order chi connectivity index (χ1) is 4.22. The highest BCUT2D eigenvalue weighted by Gasteiger charge is 2.03. The van der Waals surface area contributed by atoms with Crippen LogP contribution >= 0.6 is 0 Å². The van der Waals surface area contributed by atoms with Crippen LogP contribution in [-0.2, 0) is 0 Å². The van der Waals surface area contributed by atoms with Crippen LogP contribution in [0.15, 0.2) is 0 Å². The van der Waals surface area contributed by atoms with Gasteiger partial charge in [-0.25, -0.2) is 0 Å². The Bertz CT molecular complexity index is 88.9. The molecule has 9 heavy (non-hydrogen) atoms. The molecule has 54 valence electrons. The van der Waals surface area contributed by atoms with Gasteiger partial charge in [0, 0.05) is 5.71 Å². The summed E-state index contributed by atoms with van der Waals surface area (Å²) in [5.74, 6) is 0.425. The summed E-state index contributed by atoms with van der Waals surface area (Å²) in [5.41, 5.74) is 6.07. The van der Waals surface area contributed by atoms with Gasteiger partial charge < -0.3 is 11.1 Å². The van der Waals surface area contributed by atoms with E-state index in [1.165, 1.54) is 0 Å². The van der Waals surface area contributed by atoms with E-state index >= 15 is 0 Å². The predicted molar refractivity (Wildman–Crippen MR) is 40.9 cm³/mol. The van der Waals surface area contributed by atoms with Crippen LogP contribution in [0.5, 0.6) is 0 Å². The van der Waals surface area contributed by atoms with Crippen LogP contribution in [0.3, 0.4) is 0 Å². The molecule has 2 heteroatoms. The normalized spacial score (nSPS) is 13.2. The predicted octanol–water partition coefficient (Wildman–Crippen LogP) is 1.40. The minimum atomic E-state index is 0.425. The molecule has 0 radical (unpaired) electrons. The Hall–Kier alpha value is -0.370. The van der Waals surface area contributed by atoms with Crippen LogP contribution in [0.4, 0.5) is 0 Å². The van der Waals surface area contributed by atoms with Gasteiger partial charge in [0.05, 0.1) is 0 Å². The van der Waals surface area contributed by atoms with Crippen LogP contribution in [0, 0.1) is 11.3 Å². The fraction of sp³-hybridized carbons (Fsp3) is 0.857. The van der Waals surface area contributed by atoms with Crippen LogP contribution in [0.25, 0.3) is 0 Å². The zero-order chi connectivity index (χ0) is 7.28. The van der Waals surface area contributed by atoms with Gasteiger partial charge in [0.25, 0.3) is 0 Å². The van der Waals surface area contributed by atoms with Crippen LogP contribution < -0.4 is 5.73 Å². The number of hydrogen-bond donors (Lipinski definition) is 2. The van der Waals surface area contributed by atoms with Gasteiger partial charge in [0.2, 0.25) is 0 Å². The molecule has 0 bridgehead atoms. The van der Waals surface area contributed by atoms with Crippen LogP contribution in [0.1, 0.15) is 26.7 Å². The first kappa shape index (κ1) is 8.63. The van der Waals surface area contributed by atoms with E-state index in [0.717, 1.165) is 18.6 Å². The van der Waals surface area contributed by atoms with Crippen molar-refractivity contribution < 1.29 is 0 Å².